The van der Waals surface area contributed by atoms with Gasteiger partial charge in [0.2, 0.25) is 0 Å². The second-order valence-corrected chi connectivity index (χ2v) is 6.77. The van der Waals surface area contributed by atoms with E-state index in [0.717, 1.165) is 4.57 Å². The highest BCUT2D eigenvalue weighted by Crippen LogP contribution is 2.36. The number of hydrogen-bond acceptors (Lipinski definition) is 11. The highest BCUT2D eigenvalue weighted by Gasteiger charge is 2.52. The number of carbonyl (C=O) groups excluding carboxylic acids is 3. The van der Waals surface area contributed by atoms with E-state index in [4.69, 9.17) is 24.2 Å². The zero-order valence-corrected chi connectivity index (χ0v) is 16.1. The summed E-state index contributed by atoms with van der Waals surface area (Å²) in [6.45, 7) is 0.886. The van der Waals surface area contributed by atoms with E-state index in [9.17, 15) is 19.2 Å². The summed E-state index contributed by atoms with van der Waals surface area (Å²) >= 11 is 0. The first kappa shape index (κ1) is 20.5. The number of benzene rings is 1. The minimum atomic E-state index is -1.24. The van der Waals surface area contributed by atoms with Crippen LogP contribution in [0.25, 0.3) is 0 Å². The van der Waals surface area contributed by atoms with Crippen molar-refractivity contribution >= 4 is 23.7 Å². The first-order chi connectivity index (χ1) is 14.9. The number of fused-ring (bicyclic) bond motifs is 2. The average molecular weight is 431 g/mol. The van der Waals surface area contributed by atoms with Crippen molar-refractivity contribution in [2.75, 3.05) is 12.1 Å². The van der Waals surface area contributed by atoms with Gasteiger partial charge in [-0.3, -0.25) is 20.0 Å². The maximum absolute atomic E-state index is 12.8. The molecule has 12 nitrogen and oxygen atoms in total. The fraction of sp³-hybridized carbons (Fsp3) is 0.316. The van der Waals surface area contributed by atoms with E-state index in [1.165, 1.54) is 31.3 Å². The smallest absolute Gasteiger partial charge is 0.351 e. The topological polar surface area (TPSA) is 155 Å². The third-order valence-electron chi connectivity index (χ3n) is 4.81. The van der Waals surface area contributed by atoms with E-state index in [1.807, 2.05) is 0 Å². The standard InChI is InChI=1S/C19H17N3O9/c1-9(23)28-8-12-14-15(16(29-12)22-7-6-13(21-27)20-19(22)26)31-18(25)11-5-3-2-4-10(11)17(24)30-14/h2-7,12,14-16,27H,8H2,1H3,(H,20,21,26)/t12?,14-,15-,16-/m1/s1. The Balaban J connectivity index is 1.75. The molecule has 1 fully saturated rings. The molecule has 4 rings (SSSR count). The largest absolute Gasteiger partial charge is 0.463 e. The van der Waals surface area contributed by atoms with E-state index in [1.54, 1.807) is 17.6 Å². The number of aromatic nitrogens is 2. The predicted octanol–water partition coefficient (Wildman–Crippen LogP) is 0.270. The van der Waals surface area contributed by atoms with Gasteiger partial charge in [-0.05, 0) is 18.2 Å². The van der Waals surface area contributed by atoms with Crippen molar-refractivity contribution in [2.45, 2.75) is 31.5 Å². The minimum Gasteiger partial charge on any atom is -0.463 e. The van der Waals surface area contributed by atoms with Gasteiger partial charge in [0.05, 0.1) is 11.1 Å². The highest BCUT2D eigenvalue weighted by atomic mass is 16.7. The molecule has 0 radical (unpaired) electrons. The Morgan fingerprint density at radius 1 is 1.13 bits per heavy atom. The molecule has 2 aromatic rings. The number of esters is 3. The molecule has 31 heavy (non-hydrogen) atoms. The lowest BCUT2D eigenvalue weighted by atomic mass is 10.0. The van der Waals surface area contributed by atoms with Crippen LogP contribution in [0, 0.1) is 0 Å². The average Bonchev–Trinajstić information content (AvgIpc) is 3.07. The molecule has 162 valence electrons. The predicted molar refractivity (Wildman–Crippen MR) is 99.3 cm³/mol. The lowest BCUT2D eigenvalue weighted by Gasteiger charge is -2.27. The van der Waals surface area contributed by atoms with Gasteiger partial charge in [0.1, 0.15) is 12.7 Å². The molecular weight excluding hydrogens is 414 g/mol. The number of nitrogens with one attached hydrogen (secondary N) is 1. The fourth-order valence-electron chi connectivity index (χ4n) is 3.42. The molecule has 2 N–H and O–H groups in total. The summed E-state index contributed by atoms with van der Waals surface area (Å²) in [4.78, 5) is 52.8. The Hall–Kier alpha value is -3.77. The number of hydrogen-bond donors (Lipinski definition) is 2. The molecule has 0 bridgehead atoms. The Morgan fingerprint density at radius 3 is 2.35 bits per heavy atom. The summed E-state index contributed by atoms with van der Waals surface area (Å²) < 4.78 is 22.9. The molecule has 0 amide bonds. The summed E-state index contributed by atoms with van der Waals surface area (Å²) in [5, 5.41) is 8.93. The molecule has 2 aliphatic rings. The van der Waals surface area contributed by atoms with Gasteiger partial charge >= 0.3 is 23.6 Å². The van der Waals surface area contributed by atoms with Gasteiger partial charge in [-0.2, -0.15) is 4.98 Å². The van der Waals surface area contributed by atoms with Crippen molar-refractivity contribution < 1.29 is 38.5 Å². The molecule has 12 heteroatoms. The number of ether oxygens (including phenoxy) is 4. The quantitative estimate of drug-likeness (QED) is 0.389. The number of rotatable bonds is 4. The molecular formula is C19H17N3O9. The van der Waals surface area contributed by atoms with Crippen LogP contribution in [-0.4, -0.2) is 57.6 Å². The Morgan fingerprint density at radius 2 is 1.77 bits per heavy atom. The summed E-state index contributed by atoms with van der Waals surface area (Å²) in [6.07, 6.45) is -3.41. The van der Waals surface area contributed by atoms with Crippen molar-refractivity contribution in [1.82, 2.24) is 9.55 Å². The first-order valence-corrected chi connectivity index (χ1v) is 9.18. The van der Waals surface area contributed by atoms with Crippen LogP contribution in [0.15, 0.2) is 41.3 Å². The van der Waals surface area contributed by atoms with Crippen molar-refractivity contribution in [1.29, 1.82) is 0 Å². The van der Waals surface area contributed by atoms with Crippen LogP contribution in [-0.2, 0) is 23.7 Å². The summed E-state index contributed by atoms with van der Waals surface area (Å²) in [5.41, 5.74) is 0.926. The van der Waals surface area contributed by atoms with Crippen LogP contribution in [0.4, 0.5) is 5.82 Å². The lowest BCUT2D eigenvalue weighted by molar-refractivity contribution is -0.147. The lowest BCUT2D eigenvalue weighted by Crippen LogP contribution is -2.44. The molecule has 4 atom stereocenters. The molecule has 0 saturated carbocycles. The second-order valence-electron chi connectivity index (χ2n) is 6.77. The molecule has 2 aliphatic heterocycles. The molecule has 1 saturated heterocycles. The second kappa shape index (κ2) is 8.16. The SMILES string of the molecule is CC(=O)OCC1O[C@@H](n2ccc(NO)nc2=O)[C@@H]2OC(=O)c3ccccc3C(=O)O[C@H]12. The molecule has 1 aromatic heterocycles. The van der Waals surface area contributed by atoms with Gasteiger partial charge in [0.25, 0.3) is 0 Å². The molecule has 1 aromatic carbocycles. The third kappa shape index (κ3) is 3.85. The summed E-state index contributed by atoms with van der Waals surface area (Å²) in [7, 11) is 0. The van der Waals surface area contributed by atoms with Gasteiger partial charge in [0, 0.05) is 13.1 Å². The van der Waals surface area contributed by atoms with E-state index < -0.39 is 48.1 Å². The number of nitrogens with zero attached hydrogens (tertiary/aromatic N) is 2. The maximum Gasteiger partial charge on any atom is 0.351 e. The van der Waals surface area contributed by atoms with Gasteiger partial charge in [-0.15, -0.1) is 0 Å². The van der Waals surface area contributed by atoms with Crippen LogP contribution >= 0.6 is 0 Å². The number of carbonyl (C=O) groups is 3. The van der Waals surface area contributed by atoms with Gasteiger partial charge in [-0.25, -0.2) is 14.4 Å². The van der Waals surface area contributed by atoms with Crippen molar-refractivity contribution in [3.8, 4) is 0 Å². The summed E-state index contributed by atoms with van der Waals surface area (Å²) in [5.74, 6) is -2.30. The van der Waals surface area contributed by atoms with Gasteiger partial charge in [-0.1, -0.05) is 12.1 Å². The maximum atomic E-state index is 12.8. The molecule has 3 heterocycles. The van der Waals surface area contributed by atoms with E-state index in [0.29, 0.717) is 0 Å². The van der Waals surface area contributed by atoms with Crippen LogP contribution in [0.2, 0.25) is 0 Å². The molecule has 0 aliphatic carbocycles. The van der Waals surface area contributed by atoms with E-state index in [-0.39, 0.29) is 23.6 Å². The van der Waals surface area contributed by atoms with Crippen molar-refractivity contribution in [2.24, 2.45) is 0 Å². The normalized spacial score (nSPS) is 24.7. The van der Waals surface area contributed by atoms with Crippen LogP contribution in [0.5, 0.6) is 0 Å². The Bertz CT molecular complexity index is 1100. The van der Waals surface area contributed by atoms with Gasteiger partial charge in [0.15, 0.2) is 24.3 Å². The van der Waals surface area contributed by atoms with Crippen molar-refractivity contribution in [3.63, 3.8) is 0 Å². The van der Waals surface area contributed by atoms with E-state index >= 15 is 0 Å². The Kier molecular flexibility index (Phi) is 5.40. The van der Waals surface area contributed by atoms with Gasteiger partial charge < -0.3 is 18.9 Å². The van der Waals surface area contributed by atoms with Crippen LogP contribution in [0.1, 0.15) is 33.9 Å². The zero-order valence-electron chi connectivity index (χ0n) is 16.1. The Labute approximate surface area is 174 Å². The molecule has 0 spiro atoms. The first-order valence-electron chi connectivity index (χ1n) is 9.18. The monoisotopic (exact) mass is 431 g/mol. The molecule has 1 unspecified atom stereocenters. The minimum absolute atomic E-state index is 0.00145. The zero-order chi connectivity index (χ0) is 22.1. The fourth-order valence-corrected chi connectivity index (χ4v) is 3.42. The third-order valence-corrected chi connectivity index (χ3v) is 4.81. The van der Waals surface area contributed by atoms with Crippen LogP contribution < -0.4 is 11.2 Å². The highest BCUT2D eigenvalue weighted by molar-refractivity contribution is 6.03. The number of anilines is 1. The van der Waals surface area contributed by atoms with Crippen molar-refractivity contribution in [3.05, 3.63) is 58.1 Å². The summed E-state index contributed by atoms with van der Waals surface area (Å²) in [6, 6.07) is 7.25. The van der Waals surface area contributed by atoms with E-state index in [2.05, 4.69) is 4.98 Å². The van der Waals surface area contributed by atoms with Crippen LogP contribution in [0.3, 0.4) is 0 Å².